The SMILES string of the molecule is Cc1cc(C(=O)Nc2ccc(C)c(Nc3nccc(-c4cccnc4)n3)c2)ccc1Br. The fourth-order valence-electron chi connectivity index (χ4n) is 3.04. The standard InChI is InChI=1S/C24H20BrN5O/c1-15-5-7-19(28-23(31)17-6-8-20(25)16(2)12-17)13-22(15)30-24-27-11-9-21(29-24)18-4-3-10-26-14-18/h3-14H,1-2H3,(H,28,31)(H,27,29,30). The minimum atomic E-state index is -0.166. The first-order valence-corrected chi connectivity index (χ1v) is 10.5. The van der Waals surface area contributed by atoms with E-state index in [0.717, 1.165) is 32.5 Å². The van der Waals surface area contributed by atoms with Gasteiger partial charge in [0.05, 0.1) is 5.69 Å². The highest BCUT2D eigenvalue weighted by molar-refractivity contribution is 9.10. The molecule has 2 N–H and O–H groups in total. The Labute approximate surface area is 188 Å². The first kappa shape index (κ1) is 20.7. The van der Waals surface area contributed by atoms with Crippen LogP contribution in [0.5, 0.6) is 0 Å². The lowest BCUT2D eigenvalue weighted by Crippen LogP contribution is -2.12. The Bertz CT molecular complexity index is 1240. The number of nitrogens with one attached hydrogen (secondary N) is 2. The van der Waals surface area contributed by atoms with E-state index in [9.17, 15) is 4.79 Å². The average Bonchev–Trinajstić information content (AvgIpc) is 2.78. The van der Waals surface area contributed by atoms with Crippen molar-refractivity contribution < 1.29 is 4.79 Å². The van der Waals surface area contributed by atoms with Gasteiger partial charge < -0.3 is 10.6 Å². The largest absolute Gasteiger partial charge is 0.324 e. The average molecular weight is 474 g/mol. The van der Waals surface area contributed by atoms with Crippen LogP contribution < -0.4 is 10.6 Å². The number of rotatable bonds is 5. The third-order valence-electron chi connectivity index (χ3n) is 4.77. The second kappa shape index (κ2) is 9.06. The van der Waals surface area contributed by atoms with Crippen molar-refractivity contribution in [2.24, 2.45) is 0 Å². The first-order chi connectivity index (χ1) is 15.0. The lowest BCUT2D eigenvalue weighted by atomic mass is 10.1. The Balaban J connectivity index is 1.54. The predicted octanol–water partition coefficient (Wildman–Crippen LogP) is 5.91. The van der Waals surface area contributed by atoms with Crippen LogP contribution in [0.25, 0.3) is 11.3 Å². The van der Waals surface area contributed by atoms with Crippen molar-refractivity contribution in [1.82, 2.24) is 15.0 Å². The molecule has 2 heterocycles. The monoisotopic (exact) mass is 473 g/mol. The number of nitrogens with zero attached hydrogens (tertiary/aromatic N) is 3. The summed E-state index contributed by atoms with van der Waals surface area (Å²) >= 11 is 3.46. The normalized spacial score (nSPS) is 10.5. The summed E-state index contributed by atoms with van der Waals surface area (Å²) in [5, 5.41) is 6.20. The zero-order valence-electron chi connectivity index (χ0n) is 17.1. The molecule has 2 aromatic carbocycles. The van der Waals surface area contributed by atoms with Crippen LogP contribution in [0.15, 0.2) is 77.7 Å². The van der Waals surface area contributed by atoms with E-state index < -0.39 is 0 Å². The van der Waals surface area contributed by atoms with E-state index >= 15 is 0 Å². The summed E-state index contributed by atoms with van der Waals surface area (Å²) in [7, 11) is 0. The van der Waals surface area contributed by atoms with Gasteiger partial charge in [-0.3, -0.25) is 9.78 Å². The van der Waals surface area contributed by atoms with Gasteiger partial charge in [0, 0.05) is 45.6 Å². The smallest absolute Gasteiger partial charge is 0.255 e. The van der Waals surface area contributed by atoms with Gasteiger partial charge in [0.1, 0.15) is 0 Å². The summed E-state index contributed by atoms with van der Waals surface area (Å²) in [5.41, 5.74) is 5.80. The van der Waals surface area contributed by atoms with E-state index in [0.29, 0.717) is 17.2 Å². The van der Waals surface area contributed by atoms with Gasteiger partial charge in [-0.05, 0) is 73.5 Å². The maximum atomic E-state index is 12.7. The summed E-state index contributed by atoms with van der Waals surface area (Å²) in [6.07, 6.45) is 5.19. The van der Waals surface area contributed by atoms with E-state index in [1.807, 2.05) is 62.4 Å². The Hall–Kier alpha value is -3.58. The number of anilines is 3. The van der Waals surface area contributed by atoms with Crippen LogP contribution in [0.4, 0.5) is 17.3 Å². The van der Waals surface area contributed by atoms with Crippen molar-refractivity contribution in [3.05, 3.63) is 94.4 Å². The molecule has 0 unspecified atom stereocenters. The summed E-state index contributed by atoms with van der Waals surface area (Å²) in [6.45, 7) is 3.94. The molecule has 4 rings (SSSR count). The zero-order chi connectivity index (χ0) is 21.8. The molecule has 0 saturated carbocycles. The Kier molecular flexibility index (Phi) is 6.04. The van der Waals surface area contributed by atoms with Crippen LogP contribution in [0, 0.1) is 13.8 Å². The van der Waals surface area contributed by atoms with Gasteiger partial charge in [0.2, 0.25) is 5.95 Å². The van der Waals surface area contributed by atoms with Crippen LogP contribution in [0.2, 0.25) is 0 Å². The molecule has 31 heavy (non-hydrogen) atoms. The molecular formula is C24H20BrN5O. The number of carbonyl (C=O) groups excluding carboxylic acids is 1. The van der Waals surface area contributed by atoms with E-state index in [4.69, 9.17) is 0 Å². The first-order valence-electron chi connectivity index (χ1n) is 9.68. The Morgan fingerprint density at radius 2 is 1.84 bits per heavy atom. The lowest BCUT2D eigenvalue weighted by molar-refractivity contribution is 0.102. The van der Waals surface area contributed by atoms with Crippen molar-refractivity contribution >= 4 is 39.2 Å². The number of pyridine rings is 1. The van der Waals surface area contributed by atoms with E-state index in [1.54, 1.807) is 24.7 Å². The number of aromatic nitrogens is 3. The van der Waals surface area contributed by atoms with Crippen molar-refractivity contribution in [3.63, 3.8) is 0 Å². The highest BCUT2D eigenvalue weighted by atomic mass is 79.9. The van der Waals surface area contributed by atoms with Crippen molar-refractivity contribution in [1.29, 1.82) is 0 Å². The fraction of sp³-hybridized carbons (Fsp3) is 0.0833. The number of hydrogen-bond acceptors (Lipinski definition) is 5. The molecule has 0 radical (unpaired) electrons. The number of aryl methyl sites for hydroxylation is 2. The van der Waals surface area contributed by atoms with Crippen LogP contribution in [-0.4, -0.2) is 20.9 Å². The van der Waals surface area contributed by atoms with Gasteiger partial charge in [-0.25, -0.2) is 9.97 Å². The molecule has 154 valence electrons. The van der Waals surface area contributed by atoms with Gasteiger partial charge >= 0.3 is 0 Å². The molecule has 0 saturated heterocycles. The van der Waals surface area contributed by atoms with Gasteiger partial charge in [-0.1, -0.05) is 22.0 Å². The van der Waals surface area contributed by atoms with Crippen LogP contribution >= 0.6 is 15.9 Å². The molecule has 2 aromatic heterocycles. The molecule has 0 bridgehead atoms. The molecule has 6 nitrogen and oxygen atoms in total. The predicted molar refractivity (Wildman–Crippen MR) is 127 cm³/mol. The third kappa shape index (κ3) is 4.95. The number of halogens is 1. The molecular weight excluding hydrogens is 454 g/mol. The number of amides is 1. The quantitative estimate of drug-likeness (QED) is 0.376. The van der Waals surface area contributed by atoms with Crippen molar-refractivity contribution in [2.75, 3.05) is 10.6 Å². The molecule has 0 spiro atoms. The maximum absolute atomic E-state index is 12.7. The number of hydrogen-bond donors (Lipinski definition) is 2. The van der Waals surface area contributed by atoms with Crippen molar-refractivity contribution in [2.45, 2.75) is 13.8 Å². The maximum Gasteiger partial charge on any atom is 0.255 e. The second-order valence-corrected chi connectivity index (χ2v) is 7.93. The van der Waals surface area contributed by atoms with E-state index in [-0.39, 0.29) is 5.91 Å². The molecule has 7 heteroatoms. The highest BCUT2D eigenvalue weighted by Crippen LogP contribution is 2.25. The number of benzene rings is 2. The molecule has 0 atom stereocenters. The van der Waals surface area contributed by atoms with Crippen molar-refractivity contribution in [3.8, 4) is 11.3 Å². The van der Waals surface area contributed by atoms with Gasteiger partial charge in [-0.15, -0.1) is 0 Å². The fourth-order valence-corrected chi connectivity index (χ4v) is 3.28. The summed E-state index contributed by atoms with van der Waals surface area (Å²) in [5.74, 6) is 0.302. The van der Waals surface area contributed by atoms with Crippen LogP contribution in [-0.2, 0) is 0 Å². The molecule has 0 aliphatic carbocycles. The molecule has 0 aliphatic rings. The molecule has 4 aromatic rings. The molecule has 1 amide bonds. The number of carbonyl (C=O) groups is 1. The van der Waals surface area contributed by atoms with Crippen LogP contribution in [0.1, 0.15) is 21.5 Å². The van der Waals surface area contributed by atoms with Gasteiger partial charge in [-0.2, -0.15) is 0 Å². The lowest BCUT2D eigenvalue weighted by Gasteiger charge is -2.12. The minimum absolute atomic E-state index is 0.166. The molecule has 0 aliphatic heterocycles. The Morgan fingerprint density at radius 3 is 2.61 bits per heavy atom. The zero-order valence-corrected chi connectivity index (χ0v) is 18.6. The summed E-state index contributed by atoms with van der Waals surface area (Å²) in [4.78, 5) is 25.7. The second-order valence-electron chi connectivity index (χ2n) is 7.08. The summed E-state index contributed by atoms with van der Waals surface area (Å²) < 4.78 is 0.972. The topological polar surface area (TPSA) is 79.8 Å². The van der Waals surface area contributed by atoms with E-state index in [2.05, 4.69) is 41.5 Å². The highest BCUT2D eigenvalue weighted by Gasteiger charge is 2.10. The Morgan fingerprint density at radius 1 is 0.968 bits per heavy atom. The summed E-state index contributed by atoms with van der Waals surface area (Å²) in [6, 6.07) is 16.9. The minimum Gasteiger partial charge on any atom is -0.324 e. The van der Waals surface area contributed by atoms with Gasteiger partial charge in [0.25, 0.3) is 5.91 Å². The third-order valence-corrected chi connectivity index (χ3v) is 5.66. The molecule has 0 fully saturated rings. The van der Waals surface area contributed by atoms with Gasteiger partial charge in [0.15, 0.2) is 0 Å². The van der Waals surface area contributed by atoms with Crippen LogP contribution in [0.3, 0.4) is 0 Å². The van der Waals surface area contributed by atoms with E-state index in [1.165, 1.54) is 0 Å².